The minimum Gasteiger partial charge on any atom is -0.370 e. The minimum atomic E-state index is -1.48. The van der Waals surface area contributed by atoms with Crippen LogP contribution in [0.3, 0.4) is 0 Å². The lowest BCUT2D eigenvalue weighted by Crippen LogP contribution is -2.51. The molecule has 10 nitrogen and oxygen atoms in total. The first-order valence-electron chi connectivity index (χ1n) is 4.28. The van der Waals surface area contributed by atoms with Gasteiger partial charge in [0.05, 0.1) is 0 Å². The Labute approximate surface area is 90.6 Å². The topological polar surface area (TPSA) is 183 Å². The molecule has 0 aliphatic rings. The Hall–Kier alpha value is -1.94. The van der Waals surface area contributed by atoms with Crippen molar-refractivity contribution in [3.63, 3.8) is 0 Å². The number of hydrogen-bond donors (Lipinski definition) is 5. The highest BCUT2D eigenvalue weighted by Crippen LogP contribution is 2.03. The van der Waals surface area contributed by atoms with Gasteiger partial charge in [0.1, 0.15) is 0 Å². The number of nitrogens with zero attached hydrogens (tertiary/aromatic N) is 2. The molecule has 0 aromatic rings. The summed E-state index contributed by atoms with van der Waals surface area (Å²) in [5.74, 6) is -1.25. The van der Waals surface area contributed by atoms with Crippen molar-refractivity contribution in [2.24, 2.45) is 22.2 Å². The van der Waals surface area contributed by atoms with E-state index >= 15 is 0 Å². The first-order valence-corrected chi connectivity index (χ1v) is 4.28. The third-order valence-corrected chi connectivity index (χ3v) is 1.82. The Bertz CT molecular complexity index is 289. The number of carbonyl (C=O) groups excluding carboxylic acids is 1. The Morgan fingerprint density at radius 3 is 2.38 bits per heavy atom. The summed E-state index contributed by atoms with van der Waals surface area (Å²) in [6.07, 6.45) is -0.133. The number of aliphatic imine (C=N–C) groups is 1. The molecule has 16 heavy (non-hydrogen) atoms. The zero-order chi connectivity index (χ0) is 12.7. The standard InChI is InChI=1S/C6H14N6O4/c7-5(13)4(11-14)3(12(15)16)1-2-10-6(8)9/h3-4,11,14H,1-2H2,(H2,7,13)(H4,8,9,10)/t3?,4-/m0/s1. The van der Waals surface area contributed by atoms with Gasteiger partial charge in [-0.1, -0.05) is 0 Å². The molecule has 1 amide bonds. The van der Waals surface area contributed by atoms with Gasteiger partial charge in [-0.3, -0.25) is 19.9 Å². The molecule has 0 rings (SSSR count). The van der Waals surface area contributed by atoms with Gasteiger partial charge in [0.2, 0.25) is 11.9 Å². The first-order chi connectivity index (χ1) is 7.40. The van der Waals surface area contributed by atoms with Crippen molar-refractivity contribution in [3.8, 4) is 0 Å². The van der Waals surface area contributed by atoms with Gasteiger partial charge in [0, 0.05) is 17.9 Å². The van der Waals surface area contributed by atoms with Gasteiger partial charge in [-0.05, 0) is 0 Å². The van der Waals surface area contributed by atoms with Crippen LogP contribution < -0.4 is 22.7 Å². The molecule has 8 N–H and O–H groups in total. The minimum absolute atomic E-state index is 0.0422. The number of primary amides is 1. The van der Waals surface area contributed by atoms with Crippen molar-refractivity contribution in [2.45, 2.75) is 18.5 Å². The van der Waals surface area contributed by atoms with Crippen LogP contribution in [-0.2, 0) is 4.79 Å². The van der Waals surface area contributed by atoms with Gasteiger partial charge >= 0.3 is 0 Å². The van der Waals surface area contributed by atoms with Gasteiger partial charge in [-0.25, -0.2) is 0 Å². The van der Waals surface area contributed by atoms with Crippen molar-refractivity contribution in [1.82, 2.24) is 5.48 Å². The van der Waals surface area contributed by atoms with E-state index in [2.05, 4.69) is 4.99 Å². The third-order valence-electron chi connectivity index (χ3n) is 1.82. The molecule has 0 aliphatic heterocycles. The summed E-state index contributed by atoms with van der Waals surface area (Å²) < 4.78 is 0. The number of nitrogens with one attached hydrogen (secondary N) is 1. The molecule has 0 radical (unpaired) electrons. The van der Waals surface area contributed by atoms with Crippen LogP contribution in [0.4, 0.5) is 0 Å². The highest BCUT2D eigenvalue weighted by Gasteiger charge is 2.35. The average Bonchev–Trinajstić information content (AvgIpc) is 2.15. The van der Waals surface area contributed by atoms with E-state index in [4.69, 9.17) is 22.4 Å². The number of hydroxylamine groups is 1. The number of nitro groups is 1. The highest BCUT2D eigenvalue weighted by atomic mass is 16.6. The fourth-order valence-electron chi connectivity index (χ4n) is 1.06. The summed E-state index contributed by atoms with van der Waals surface area (Å²) >= 11 is 0. The van der Waals surface area contributed by atoms with E-state index in [0.717, 1.165) is 0 Å². The zero-order valence-corrected chi connectivity index (χ0v) is 8.37. The van der Waals surface area contributed by atoms with Crippen LogP contribution in [0, 0.1) is 10.1 Å². The van der Waals surface area contributed by atoms with E-state index in [1.807, 2.05) is 0 Å². The Morgan fingerprint density at radius 1 is 1.50 bits per heavy atom. The predicted octanol–water partition coefficient (Wildman–Crippen LogP) is -2.87. The molecule has 0 aromatic heterocycles. The second-order valence-corrected chi connectivity index (χ2v) is 2.96. The Balaban J connectivity index is 4.54. The lowest BCUT2D eigenvalue weighted by molar-refractivity contribution is -0.526. The van der Waals surface area contributed by atoms with Gasteiger partial charge in [0.25, 0.3) is 0 Å². The number of guanidine groups is 1. The summed E-state index contributed by atoms with van der Waals surface area (Å²) in [5.41, 5.74) is 16.4. The maximum Gasteiger partial charge on any atom is 0.244 e. The summed E-state index contributed by atoms with van der Waals surface area (Å²) in [6.45, 7) is -0.0422. The molecule has 0 saturated heterocycles. The van der Waals surface area contributed by atoms with Crippen LogP contribution >= 0.6 is 0 Å². The van der Waals surface area contributed by atoms with Gasteiger partial charge in [-0.15, -0.1) is 0 Å². The fourth-order valence-corrected chi connectivity index (χ4v) is 1.06. The SMILES string of the molecule is NC(=O)[C@@H](NO)C(CCN=C(N)N)[N+](=O)[O-]. The van der Waals surface area contributed by atoms with Crippen molar-refractivity contribution in [3.05, 3.63) is 10.1 Å². The molecule has 0 bridgehead atoms. The Morgan fingerprint density at radius 2 is 2.06 bits per heavy atom. The second-order valence-electron chi connectivity index (χ2n) is 2.96. The maximum atomic E-state index is 10.8. The lowest BCUT2D eigenvalue weighted by atomic mass is 10.1. The van der Waals surface area contributed by atoms with Crippen molar-refractivity contribution >= 4 is 11.9 Å². The number of nitrogens with two attached hydrogens (primary N) is 3. The summed E-state index contributed by atoms with van der Waals surface area (Å²) in [7, 11) is 0. The molecule has 1 unspecified atom stereocenters. The summed E-state index contributed by atoms with van der Waals surface area (Å²) in [5, 5.41) is 19.2. The van der Waals surface area contributed by atoms with Gasteiger partial charge in [-0.2, -0.15) is 5.48 Å². The molecule has 0 aromatic carbocycles. The monoisotopic (exact) mass is 234 g/mol. The number of hydrogen-bond acceptors (Lipinski definition) is 6. The van der Waals surface area contributed by atoms with E-state index in [-0.39, 0.29) is 18.9 Å². The van der Waals surface area contributed by atoms with Crippen molar-refractivity contribution in [2.75, 3.05) is 6.54 Å². The van der Waals surface area contributed by atoms with E-state index in [9.17, 15) is 14.9 Å². The normalized spacial score (nSPS) is 13.8. The van der Waals surface area contributed by atoms with Crippen LogP contribution in [0.1, 0.15) is 6.42 Å². The van der Waals surface area contributed by atoms with E-state index in [0.29, 0.717) is 0 Å². The van der Waals surface area contributed by atoms with Gasteiger partial charge in [0.15, 0.2) is 12.0 Å². The molecule has 10 heteroatoms. The maximum absolute atomic E-state index is 10.8. The van der Waals surface area contributed by atoms with Crippen molar-refractivity contribution < 1.29 is 14.9 Å². The van der Waals surface area contributed by atoms with Crippen molar-refractivity contribution in [1.29, 1.82) is 0 Å². The quantitative estimate of drug-likeness (QED) is 0.135. The summed E-state index contributed by atoms with van der Waals surface area (Å²) in [6, 6.07) is -2.88. The van der Waals surface area contributed by atoms with Crippen LogP contribution in [0.5, 0.6) is 0 Å². The molecule has 0 heterocycles. The first kappa shape index (κ1) is 14.1. The van der Waals surface area contributed by atoms with Crippen LogP contribution in [0.15, 0.2) is 4.99 Å². The molecule has 2 atom stereocenters. The van der Waals surface area contributed by atoms with E-state index < -0.39 is 22.9 Å². The number of carbonyl (C=O) groups is 1. The van der Waals surface area contributed by atoms with Crippen LogP contribution in [-0.4, -0.2) is 40.6 Å². The third kappa shape index (κ3) is 4.52. The van der Waals surface area contributed by atoms with Gasteiger partial charge < -0.3 is 22.4 Å². The van der Waals surface area contributed by atoms with E-state index in [1.54, 1.807) is 0 Å². The summed E-state index contributed by atoms with van der Waals surface area (Å²) in [4.78, 5) is 24.2. The molecule has 92 valence electrons. The van der Waals surface area contributed by atoms with Crippen LogP contribution in [0.25, 0.3) is 0 Å². The lowest BCUT2D eigenvalue weighted by Gasteiger charge is -2.15. The fraction of sp³-hybridized carbons (Fsp3) is 0.667. The van der Waals surface area contributed by atoms with Crippen LogP contribution in [0.2, 0.25) is 0 Å². The molecule has 0 saturated carbocycles. The van der Waals surface area contributed by atoms with E-state index in [1.165, 1.54) is 5.48 Å². The number of amides is 1. The Kier molecular flexibility index (Phi) is 5.74. The molecular formula is C6H14N6O4. The highest BCUT2D eigenvalue weighted by molar-refractivity contribution is 5.80. The smallest absolute Gasteiger partial charge is 0.244 e. The number of rotatable bonds is 7. The predicted molar refractivity (Wildman–Crippen MR) is 54.0 cm³/mol. The molecule has 0 spiro atoms. The molecule has 0 aliphatic carbocycles. The zero-order valence-electron chi connectivity index (χ0n) is 8.37. The second kappa shape index (κ2) is 6.53. The average molecular weight is 234 g/mol. The largest absolute Gasteiger partial charge is 0.370 e. The molecular weight excluding hydrogens is 220 g/mol. The molecule has 0 fully saturated rings.